The summed E-state index contributed by atoms with van der Waals surface area (Å²) in [6, 6.07) is 66.1. The van der Waals surface area contributed by atoms with E-state index in [1.807, 2.05) is 30.3 Å². The molecule has 0 unspecified atom stereocenters. The van der Waals surface area contributed by atoms with E-state index in [-0.39, 0.29) is 0 Å². The van der Waals surface area contributed by atoms with Gasteiger partial charge in [-0.15, -0.1) is 0 Å². The van der Waals surface area contributed by atoms with Crippen LogP contribution in [-0.4, -0.2) is 0 Å². The van der Waals surface area contributed by atoms with Crippen molar-refractivity contribution in [1.82, 2.24) is 0 Å². The maximum absolute atomic E-state index is 6.69. The van der Waals surface area contributed by atoms with E-state index < -0.39 is 0 Å². The van der Waals surface area contributed by atoms with Crippen molar-refractivity contribution in [2.24, 2.45) is 0 Å². The van der Waals surface area contributed by atoms with Crippen molar-refractivity contribution < 1.29 is 13.3 Å². The topological polar surface area (TPSA) is 42.7 Å². The van der Waals surface area contributed by atoms with Crippen LogP contribution in [-0.2, 0) is 0 Å². The second kappa shape index (κ2) is 12.0. The van der Waals surface area contributed by atoms with E-state index in [1.165, 1.54) is 5.39 Å². The molecule has 0 saturated heterocycles. The highest BCUT2D eigenvalue weighted by molar-refractivity contribution is 6.16. The molecular weight excluding hydrogens is 687 g/mol. The highest BCUT2D eigenvalue weighted by Gasteiger charge is 2.23. The number of furan rings is 3. The molecule has 0 atom stereocenters. The Morgan fingerprint density at radius 1 is 0.321 bits per heavy atom. The molecule has 0 aliphatic heterocycles. The lowest BCUT2D eigenvalue weighted by molar-refractivity contribution is 0.668. The Bertz CT molecular complexity index is 3490. The fourth-order valence-corrected chi connectivity index (χ4v) is 8.71. The van der Waals surface area contributed by atoms with Gasteiger partial charge in [-0.3, -0.25) is 0 Å². The number of hydrogen-bond donors (Lipinski definition) is 0. The van der Waals surface area contributed by atoms with E-state index in [0.29, 0.717) is 0 Å². The van der Waals surface area contributed by atoms with Gasteiger partial charge in [-0.2, -0.15) is 0 Å². The fourth-order valence-electron chi connectivity index (χ4n) is 8.71. The Kier molecular flexibility index (Phi) is 6.60. The molecule has 4 nitrogen and oxygen atoms in total. The summed E-state index contributed by atoms with van der Waals surface area (Å²) in [6.45, 7) is 0. The van der Waals surface area contributed by atoms with Crippen molar-refractivity contribution in [2.45, 2.75) is 0 Å². The average molecular weight is 718 g/mol. The van der Waals surface area contributed by atoms with Gasteiger partial charge in [0.1, 0.15) is 27.9 Å². The van der Waals surface area contributed by atoms with E-state index in [4.69, 9.17) is 13.3 Å². The molecule has 0 fully saturated rings. The highest BCUT2D eigenvalue weighted by Crippen LogP contribution is 2.47. The van der Waals surface area contributed by atoms with Crippen molar-refractivity contribution in [3.8, 4) is 22.3 Å². The number of fused-ring (bicyclic) bond motifs is 11. The number of benzene rings is 9. The van der Waals surface area contributed by atoms with Crippen LogP contribution < -0.4 is 4.90 Å². The quantitative estimate of drug-likeness (QED) is 0.178. The van der Waals surface area contributed by atoms with E-state index in [9.17, 15) is 0 Å². The highest BCUT2D eigenvalue weighted by atomic mass is 16.3. The van der Waals surface area contributed by atoms with Crippen LogP contribution in [0.15, 0.2) is 201 Å². The maximum Gasteiger partial charge on any atom is 0.159 e. The second-order valence-corrected chi connectivity index (χ2v) is 14.4. The predicted molar refractivity (Wildman–Crippen MR) is 231 cm³/mol. The first-order valence-electron chi connectivity index (χ1n) is 18.9. The summed E-state index contributed by atoms with van der Waals surface area (Å²) < 4.78 is 19.5. The van der Waals surface area contributed by atoms with Crippen molar-refractivity contribution in [3.63, 3.8) is 0 Å². The third-order valence-electron chi connectivity index (χ3n) is 11.3. The molecule has 0 aliphatic rings. The summed E-state index contributed by atoms with van der Waals surface area (Å²) in [7, 11) is 0. The van der Waals surface area contributed by atoms with Gasteiger partial charge in [0.2, 0.25) is 0 Å². The minimum atomic E-state index is 0.838. The van der Waals surface area contributed by atoms with E-state index >= 15 is 0 Å². The largest absolute Gasteiger partial charge is 0.456 e. The molecule has 3 heterocycles. The Labute approximate surface area is 321 Å². The standard InChI is InChI=1S/C52H31NO3/c1-2-13-38-32(11-1)25-29-41-43-31-34(26-30-48(43)55-51(38)41)36-12-3-6-18-44(36)53(45-19-9-17-40-39-14-4-7-20-46(39)56-52(40)45)35-27-23-33(24-28-35)37-16-10-22-49-50(37)42-15-5-8-21-47(42)54-49/h1-31H. The molecule has 12 rings (SSSR count). The van der Waals surface area contributed by atoms with Gasteiger partial charge in [-0.05, 0) is 82.7 Å². The molecule has 56 heavy (non-hydrogen) atoms. The van der Waals surface area contributed by atoms with Crippen molar-refractivity contribution in [3.05, 3.63) is 188 Å². The SMILES string of the molecule is c1ccc(N(c2ccc(-c3cccc4oc5ccccc5c34)cc2)c2cccc3c2oc2ccccc23)c(-c2ccc3oc4c5ccccc5ccc4c3c2)c1. The van der Waals surface area contributed by atoms with Crippen LogP contribution in [0.3, 0.4) is 0 Å². The summed E-state index contributed by atoms with van der Waals surface area (Å²) in [5, 5.41) is 8.90. The van der Waals surface area contributed by atoms with Gasteiger partial charge in [0, 0.05) is 49.0 Å². The third-order valence-corrected chi connectivity index (χ3v) is 11.3. The Morgan fingerprint density at radius 3 is 1.82 bits per heavy atom. The minimum absolute atomic E-state index is 0.838. The monoisotopic (exact) mass is 717 g/mol. The van der Waals surface area contributed by atoms with Crippen LogP contribution in [0.4, 0.5) is 17.1 Å². The molecule has 0 spiro atoms. The van der Waals surface area contributed by atoms with Gasteiger partial charge in [0.05, 0.1) is 11.4 Å². The van der Waals surface area contributed by atoms with Gasteiger partial charge < -0.3 is 18.2 Å². The van der Waals surface area contributed by atoms with Crippen molar-refractivity contribution >= 4 is 93.7 Å². The zero-order valence-electron chi connectivity index (χ0n) is 30.1. The zero-order chi connectivity index (χ0) is 36.7. The van der Waals surface area contributed by atoms with E-state index in [2.05, 4.69) is 163 Å². The number of para-hydroxylation sites is 4. The Hall–Kier alpha value is -7.56. The average Bonchev–Trinajstić information content (AvgIpc) is 3.96. The molecule has 12 aromatic rings. The number of anilines is 3. The molecule has 0 N–H and O–H groups in total. The molecular formula is C52H31NO3. The molecule has 262 valence electrons. The minimum Gasteiger partial charge on any atom is -0.456 e. The van der Waals surface area contributed by atoms with Crippen LogP contribution in [0.25, 0.3) is 98.8 Å². The van der Waals surface area contributed by atoms with Crippen LogP contribution >= 0.6 is 0 Å². The fraction of sp³-hybridized carbons (Fsp3) is 0. The summed E-state index contributed by atoms with van der Waals surface area (Å²) in [5.74, 6) is 0. The van der Waals surface area contributed by atoms with E-state index in [0.717, 1.165) is 111 Å². The van der Waals surface area contributed by atoms with Gasteiger partial charge in [-0.1, -0.05) is 127 Å². The molecule has 3 aromatic heterocycles. The molecule has 0 bridgehead atoms. The van der Waals surface area contributed by atoms with Crippen LogP contribution in [0.5, 0.6) is 0 Å². The van der Waals surface area contributed by atoms with Crippen LogP contribution in [0.1, 0.15) is 0 Å². The summed E-state index contributed by atoms with van der Waals surface area (Å²) >= 11 is 0. The van der Waals surface area contributed by atoms with Gasteiger partial charge >= 0.3 is 0 Å². The summed E-state index contributed by atoms with van der Waals surface area (Å²) in [4.78, 5) is 2.34. The van der Waals surface area contributed by atoms with Crippen molar-refractivity contribution in [2.75, 3.05) is 4.90 Å². The normalized spacial score (nSPS) is 11.9. The van der Waals surface area contributed by atoms with Crippen molar-refractivity contribution in [1.29, 1.82) is 0 Å². The Morgan fingerprint density at radius 2 is 0.929 bits per heavy atom. The van der Waals surface area contributed by atoms with Gasteiger partial charge in [-0.25, -0.2) is 0 Å². The molecule has 0 aliphatic carbocycles. The lowest BCUT2D eigenvalue weighted by atomic mass is 9.97. The first kappa shape index (κ1) is 30.9. The maximum atomic E-state index is 6.69. The molecule has 4 heteroatoms. The second-order valence-electron chi connectivity index (χ2n) is 14.4. The number of nitrogens with zero attached hydrogens (tertiary/aromatic N) is 1. The third kappa shape index (κ3) is 4.60. The first-order valence-corrected chi connectivity index (χ1v) is 18.9. The summed E-state index contributed by atoms with van der Waals surface area (Å²) in [5.41, 5.74) is 12.7. The molecule has 0 saturated carbocycles. The Balaban J connectivity index is 1.06. The van der Waals surface area contributed by atoms with Crippen LogP contribution in [0.2, 0.25) is 0 Å². The van der Waals surface area contributed by atoms with E-state index in [1.54, 1.807) is 0 Å². The molecule has 9 aromatic carbocycles. The van der Waals surface area contributed by atoms with Crippen LogP contribution in [0, 0.1) is 0 Å². The predicted octanol–water partition coefficient (Wildman–Crippen LogP) is 15.3. The lowest BCUT2D eigenvalue weighted by Crippen LogP contribution is -2.11. The molecule has 0 amide bonds. The zero-order valence-corrected chi connectivity index (χ0v) is 30.1. The summed E-state index contributed by atoms with van der Waals surface area (Å²) in [6.07, 6.45) is 0. The first-order chi connectivity index (χ1) is 27.8. The van der Waals surface area contributed by atoms with Gasteiger partial charge in [0.25, 0.3) is 0 Å². The number of rotatable bonds is 5. The lowest BCUT2D eigenvalue weighted by Gasteiger charge is -2.28. The van der Waals surface area contributed by atoms with Gasteiger partial charge in [0.15, 0.2) is 5.58 Å². The number of hydrogen-bond acceptors (Lipinski definition) is 4. The smallest absolute Gasteiger partial charge is 0.159 e. The molecule has 0 radical (unpaired) electrons.